The smallest absolute Gasteiger partial charge is 0.243 e. The number of hydrogen-bond acceptors (Lipinski definition) is 7. The van der Waals surface area contributed by atoms with E-state index < -0.39 is 18.2 Å². The van der Waals surface area contributed by atoms with Crippen LogP contribution in [0.15, 0.2) is 29.8 Å². The first-order chi connectivity index (χ1) is 14.9. The highest BCUT2D eigenvalue weighted by atomic mass is 32.1. The van der Waals surface area contributed by atoms with E-state index in [-0.39, 0.29) is 24.8 Å². The maximum atomic E-state index is 13.0. The normalized spacial score (nSPS) is 24.4. The Balaban J connectivity index is 1.38. The molecule has 2 aliphatic heterocycles. The number of nitrogens with one attached hydrogen (secondary N) is 1. The molecule has 0 radical (unpaired) electrons. The van der Waals surface area contributed by atoms with Gasteiger partial charge in [0.2, 0.25) is 11.8 Å². The third kappa shape index (κ3) is 4.79. The number of morpholine rings is 1. The van der Waals surface area contributed by atoms with Gasteiger partial charge in [0.25, 0.3) is 0 Å². The molecular weight excluding hydrogens is 416 g/mol. The minimum absolute atomic E-state index is 0.164. The average molecular weight is 445 g/mol. The van der Waals surface area contributed by atoms with Crippen LogP contribution < -0.4 is 5.32 Å². The van der Waals surface area contributed by atoms with Crippen LogP contribution in [0, 0.1) is 6.92 Å². The summed E-state index contributed by atoms with van der Waals surface area (Å²) in [6.45, 7) is 4.09. The van der Waals surface area contributed by atoms with Gasteiger partial charge in [0.15, 0.2) is 0 Å². The van der Waals surface area contributed by atoms with Gasteiger partial charge in [0.05, 0.1) is 35.4 Å². The maximum absolute atomic E-state index is 13.0. The van der Waals surface area contributed by atoms with Crippen molar-refractivity contribution in [2.45, 2.75) is 38.1 Å². The lowest BCUT2D eigenvalue weighted by Gasteiger charge is -2.35. The van der Waals surface area contributed by atoms with Crippen LogP contribution in [-0.4, -0.2) is 83.2 Å². The summed E-state index contributed by atoms with van der Waals surface area (Å²) >= 11 is 1.60. The van der Waals surface area contributed by atoms with Gasteiger partial charge >= 0.3 is 0 Å². The van der Waals surface area contributed by atoms with E-state index in [1.165, 1.54) is 4.90 Å². The predicted octanol–water partition coefficient (Wildman–Crippen LogP) is 1.03. The summed E-state index contributed by atoms with van der Waals surface area (Å²) in [6, 6.07) is 6.92. The number of carbonyl (C=O) groups excluding carboxylic acids is 2. The van der Waals surface area contributed by atoms with Crippen molar-refractivity contribution >= 4 is 23.2 Å². The van der Waals surface area contributed by atoms with Gasteiger partial charge < -0.3 is 20.1 Å². The Bertz CT molecular complexity index is 932. The summed E-state index contributed by atoms with van der Waals surface area (Å²) in [7, 11) is 1.88. The van der Waals surface area contributed by atoms with Crippen LogP contribution in [0.3, 0.4) is 0 Å². The Morgan fingerprint density at radius 3 is 2.74 bits per heavy atom. The maximum Gasteiger partial charge on any atom is 0.243 e. The molecular formula is C22H28N4O4S. The number of ether oxygens (including phenoxy) is 1. The first kappa shape index (κ1) is 21.9. The number of aromatic nitrogens is 1. The molecule has 8 nitrogen and oxygen atoms in total. The lowest BCUT2D eigenvalue weighted by atomic mass is 10.1. The molecule has 9 heteroatoms. The zero-order valence-corrected chi connectivity index (χ0v) is 18.6. The highest BCUT2D eigenvalue weighted by Gasteiger charge is 2.42. The lowest BCUT2D eigenvalue weighted by molar-refractivity contribution is -0.147. The molecule has 1 aromatic carbocycles. The second kappa shape index (κ2) is 9.44. The first-order valence-corrected chi connectivity index (χ1v) is 11.4. The summed E-state index contributed by atoms with van der Waals surface area (Å²) < 4.78 is 5.45. The highest BCUT2D eigenvalue weighted by molar-refractivity contribution is 7.13. The van der Waals surface area contributed by atoms with Gasteiger partial charge in [0.1, 0.15) is 12.1 Å². The molecule has 2 amide bonds. The topological polar surface area (TPSA) is 95.0 Å². The molecule has 2 saturated heterocycles. The number of aliphatic hydroxyl groups excluding tert-OH is 1. The molecule has 3 heterocycles. The molecule has 2 aliphatic rings. The van der Waals surface area contributed by atoms with E-state index >= 15 is 0 Å². The number of likely N-dealkylation sites (tertiary alicyclic amines) is 1. The Labute approximate surface area is 185 Å². The van der Waals surface area contributed by atoms with E-state index in [4.69, 9.17) is 4.74 Å². The first-order valence-electron chi connectivity index (χ1n) is 10.5. The number of amides is 2. The van der Waals surface area contributed by atoms with Crippen molar-refractivity contribution in [1.82, 2.24) is 20.1 Å². The Hall–Kier alpha value is -2.33. The monoisotopic (exact) mass is 444 g/mol. The molecule has 1 aromatic heterocycles. The van der Waals surface area contributed by atoms with Gasteiger partial charge in [-0.3, -0.25) is 14.5 Å². The van der Waals surface area contributed by atoms with Crippen molar-refractivity contribution < 1.29 is 19.4 Å². The molecule has 2 N–H and O–H groups in total. The highest BCUT2D eigenvalue weighted by Crippen LogP contribution is 2.27. The molecule has 0 aliphatic carbocycles. The molecule has 2 aromatic rings. The molecule has 2 fully saturated rings. The van der Waals surface area contributed by atoms with Crippen molar-refractivity contribution in [2.24, 2.45) is 0 Å². The fraction of sp³-hybridized carbons (Fsp3) is 0.500. The quantitative estimate of drug-likeness (QED) is 0.715. The second-order valence-corrected chi connectivity index (χ2v) is 9.00. The van der Waals surface area contributed by atoms with E-state index in [9.17, 15) is 14.7 Å². The van der Waals surface area contributed by atoms with Crippen LogP contribution in [0.5, 0.6) is 0 Å². The summed E-state index contributed by atoms with van der Waals surface area (Å²) in [5.41, 5.74) is 4.91. The van der Waals surface area contributed by atoms with Crippen molar-refractivity contribution in [1.29, 1.82) is 0 Å². The van der Waals surface area contributed by atoms with Crippen LogP contribution in [0.2, 0.25) is 0 Å². The van der Waals surface area contributed by atoms with Gasteiger partial charge in [-0.05, 0) is 25.1 Å². The number of β-amino-alcohol motifs (C(OH)–C–C–N with tert-alkyl or cyclic N) is 1. The van der Waals surface area contributed by atoms with Crippen molar-refractivity contribution in [3.8, 4) is 10.4 Å². The van der Waals surface area contributed by atoms with Crippen LogP contribution in [-0.2, 0) is 20.9 Å². The summed E-state index contributed by atoms with van der Waals surface area (Å²) in [5.74, 6) is -0.408. The molecule has 31 heavy (non-hydrogen) atoms. The lowest BCUT2D eigenvalue weighted by Crippen LogP contribution is -2.56. The number of thiazole rings is 1. The number of hydrogen-bond donors (Lipinski definition) is 2. The van der Waals surface area contributed by atoms with E-state index in [2.05, 4.69) is 10.3 Å². The van der Waals surface area contributed by atoms with E-state index in [1.807, 2.05) is 48.6 Å². The fourth-order valence-corrected chi connectivity index (χ4v) is 4.92. The van der Waals surface area contributed by atoms with Crippen molar-refractivity contribution in [3.05, 3.63) is 41.0 Å². The molecule has 0 unspecified atom stereocenters. The van der Waals surface area contributed by atoms with Crippen molar-refractivity contribution in [3.63, 3.8) is 0 Å². The van der Waals surface area contributed by atoms with Crippen molar-refractivity contribution in [2.75, 3.05) is 33.4 Å². The standard InChI is InChI=1S/C22H28N4O4S/c1-14-20(31-13-24-14)16-5-3-15(4-6-16)10-23-21(28)18-9-17(27)11-26(18)22(29)19-12-30-8-7-25(19)2/h3-6,13,17-19,27H,7-12H2,1-2H3,(H,23,28)/t17-,18+,19+/m1/s1. The van der Waals surface area contributed by atoms with Crippen LogP contribution in [0.25, 0.3) is 10.4 Å². The number of nitrogens with zero attached hydrogens (tertiary/aromatic N) is 3. The Morgan fingerprint density at radius 2 is 2.06 bits per heavy atom. The third-order valence-electron chi connectivity index (χ3n) is 5.97. The zero-order chi connectivity index (χ0) is 22.0. The second-order valence-electron chi connectivity index (χ2n) is 8.15. The average Bonchev–Trinajstić information content (AvgIpc) is 3.38. The largest absolute Gasteiger partial charge is 0.391 e. The molecule has 166 valence electrons. The summed E-state index contributed by atoms with van der Waals surface area (Å²) in [5, 5.41) is 13.1. The fourth-order valence-electron chi connectivity index (χ4n) is 4.10. The minimum Gasteiger partial charge on any atom is -0.391 e. The molecule has 4 rings (SSSR count). The van der Waals surface area contributed by atoms with Crippen LogP contribution in [0.4, 0.5) is 0 Å². The van der Waals surface area contributed by atoms with Gasteiger partial charge in [0, 0.05) is 26.1 Å². The number of aryl methyl sites for hydroxylation is 1. The zero-order valence-electron chi connectivity index (χ0n) is 17.8. The summed E-state index contributed by atoms with van der Waals surface area (Å²) in [6.07, 6.45) is -0.449. The van der Waals surface area contributed by atoms with Crippen LogP contribution in [0.1, 0.15) is 17.7 Å². The molecule has 3 atom stereocenters. The molecule has 0 bridgehead atoms. The Kier molecular flexibility index (Phi) is 6.66. The number of benzene rings is 1. The Morgan fingerprint density at radius 1 is 1.29 bits per heavy atom. The van der Waals surface area contributed by atoms with E-state index in [0.29, 0.717) is 26.3 Å². The van der Waals surface area contributed by atoms with Gasteiger partial charge in [-0.1, -0.05) is 24.3 Å². The number of likely N-dealkylation sites (N-methyl/N-ethyl adjacent to an activating group) is 1. The number of carbonyl (C=O) groups is 2. The molecule has 0 saturated carbocycles. The predicted molar refractivity (Wildman–Crippen MR) is 117 cm³/mol. The van der Waals surface area contributed by atoms with Gasteiger partial charge in [-0.25, -0.2) is 4.98 Å². The SMILES string of the molecule is Cc1ncsc1-c1ccc(CNC(=O)[C@@H]2C[C@@H](O)CN2C(=O)[C@@H]2COCCN2C)cc1. The van der Waals surface area contributed by atoms with Gasteiger partial charge in [-0.2, -0.15) is 0 Å². The van der Waals surface area contributed by atoms with Gasteiger partial charge in [-0.15, -0.1) is 11.3 Å². The molecule has 0 spiro atoms. The minimum atomic E-state index is -0.698. The number of rotatable bonds is 5. The van der Waals surface area contributed by atoms with E-state index in [1.54, 1.807) is 11.3 Å². The van der Waals surface area contributed by atoms with E-state index in [0.717, 1.165) is 21.7 Å². The third-order valence-corrected chi connectivity index (χ3v) is 6.95. The van der Waals surface area contributed by atoms with Crippen LogP contribution >= 0.6 is 11.3 Å². The number of aliphatic hydroxyl groups is 1. The summed E-state index contributed by atoms with van der Waals surface area (Å²) in [4.78, 5) is 34.8.